The van der Waals surface area contributed by atoms with Crippen molar-refractivity contribution in [3.8, 4) is 5.75 Å². The van der Waals surface area contributed by atoms with Crippen molar-refractivity contribution in [1.82, 2.24) is 0 Å². The van der Waals surface area contributed by atoms with Crippen molar-refractivity contribution >= 4 is 33.3 Å². The maximum atomic E-state index is 12.3. The molecule has 0 amide bonds. The maximum Gasteiger partial charge on any atom is 0.235 e. The zero-order valence-corrected chi connectivity index (χ0v) is 10.3. The van der Waals surface area contributed by atoms with E-state index in [2.05, 4.69) is 0 Å². The number of benzene rings is 2. The summed E-state index contributed by atoms with van der Waals surface area (Å²) in [6, 6.07) is 9.03. The topological polar surface area (TPSA) is 39.4 Å². The number of fused-ring (bicyclic) bond motifs is 3. The molecule has 0 atom stereocenters. The van der Waals surface area contributed by atoms with Gasteiger partial charge in [0.05, 0.1) is 12.5 Å². The smallest absolute Gasteiger partial charge is 0.235 e. The second-order valence-electron chi connectivity index (χ2n) is 3.91. The monoisotopic (exact) mass is 260 g/mol. The SMILES string of the molecule is COc1coc2ccc3c(Cl)cccc3c2c1=O. The summed E-state index contributed by atoms with van der Waals surface area (Å²) in [7, 11) is 1.44. The fraction of sp³-hybridized carbons (Fsp3) is 0.0714. The van der Waals surface area contributed by atoms with Crippen LogP contribution < -0.4 is 10.2 Å². The first-order chi connectivity index (χ1) is 8.72. The fourth-order valence-electron chi connectivity index (χ4n) is 2.07. The maximum absolute atomic E-state index is 12.3. The molecule has 0 aliphatic heterocycles. The molecule has 3 aromatic rings. The van der Waals surface area contributed by atoms with E-state index in [4.69, 9.17) is 20.8 Å². The van der Waals surface area contributed by atoms with Gasteiger partial charge in [0.2, 0.25) is 11.2 Å². The minimum atomic E-state index is -0.188. The lowest BCUT2D eigenvalue weighted by molar-refractivity contribution is 0.394. The molecule has 0 spiro atoms. The molecular formula is C14H9ClO3. The Balaban J connectivity index is 2.60. The number of hydrogen-bond donors (Lipinski definition) is 0. The zero-order chi connectivity index (χ0) is 12.7. The Morgan fingerprint density at radius 2 is 2.00 bits per heavy atom. The van der Waals surface area contributed by atoms with E-state index in [0.29, 0.717) is 16.0 Å². The summed E-state index contributed by atoms with van der Waals surface area (Å²) < 4.78 is 10.4. The zero-order valence-electron chi connectivity index (χ0n) is 9.57. The Morgan fingerprint density at radius 3 is 2.78 bits per heavy atom. The molecule has 2 aromatic carbocycles. The van der Waals surface area contributed by atoms with E-state index in [-0.39, 0.29) is 11.2 Å². The average Bonchev–Trinajstić information content (AvgIpc) is 2.39. The van der Waals surface area contributed by atoms with Gasteiger partial charge in [-0.2, -0.15) is 0 Å². The van der Waals surface area contributed by atoms with Crippen LogP contribution in [0.15, 0.2) is 45.8 Å². The molecule has 90 valence electrons. The number of ether oxygens (including phenoxy) is 1. The summed E-state index contributed by atoms with van der Waals surface area (Å²) in [5.41, 5.74) is 0.335. The molecular weight excluding hydrogens is 252 g/mol. The van der Waals surface area contributed by atoms with Crippen molar-refractivity contribution in [2.24, 2.45) is 0 Å². The van der Waals surface area contributed by atoms with Crippen LogP contribution in [-0.2, 0) is 0 Å². The van der Waals surface area contributed by atoms with Crippen LogP contribution in [0, 0.1) is 0 Å². The molecule has 0 saturated heterocycles. The predicted octanol–water partition coefficient (Wildman–Crippen LogP) is 3.61. The molecule has 3 nitrogen and oxygen atoms in total. The summed E-state index contributed by atoms with van der Waals surface area (Å²) >= 11 is 6.12. The fourth-order valence-corrected chi connectivity index (χ4v) is 2.30. The van der Waals surface area contributed by atoms with E-state index < -0.39 is 0 Å². The Kier molecular flexibility index (Phi) is 2.49. The van der Waals surface area contributed by atoms with Gasteiger partial charge in [0, 0.05) is 10.4 Å². The largest absolute Gasteiger partial charge is 0.490 e. The van der Waals surface area contributed by atoms with Crippen LogP contribution in [0.4, 0.5) is 0 Å². The van der Waals surface area contributed by atoms with Crippen LogP contribution in [0.3, 0.4) is 0 Å². The minimum absolute atomic E-state index is 0.188. The summed E-state index contributed by atoms with van der Waals surface area (Å²) in [6.07, 6.45) is 1.32. The molecule has 0 aliphatic carbocycles. The molecule has 0 N–H and O–H groups in total. The normalized spacial score (nSPS) is 11.0. The Labute approximate surface area is 108 Å². The van der Waals surface area contributed by atoms with Gasteiger partial charge in [-0.05, 0) is 23.6 Å². The molecule has 3 rings (SSSR count). The summed E-state index contributed by atoms with van der Waals surface area (Å²) in [6.45, 7) is 0. The van der Waals surface area contributed by atoms with Crippen molar-refractivity contribution in [1.29, 1.82) is 0 Å². The molecule has 0 bridgehead atoms. The third-order valence-corrected chi connectivity index (χ3v) is 3.26. The highest BCUT2D eigenvalue weighted by atomic mass is 35.5. The van der Waals surface area contributed by atoms with Crippen molar-refractivity contribution in [2.75, 3.05) is 7.11 Å². The second-order valence-corrected chi connectivity index (χ2v) is 4.31. The molecule has 0 aliphatic rings. The number of halogens is 1. The Hall–Kier alpha value is -2.00. The Bertz CT molecular complexity index is 805. The minimum Gasteiger partial charge on any atom is -0.490 e. The number of hydrogen-bond acceptors (Lipinski definition) is 3. The van der Waals surface area contributed by atoms with Crippen molar-refractivity contribution in [3.63, 3.8) is 0 Å². The molecule has 18 heavy (non-hydrogen) atoms. The molecule has 1 heterocycles. The van der Waals surface area contributed by atoms with Gasteiger partial charge in [0.25, 0.3) is 0 Å². The summed E-state index contributed by atoms with van der Waals surface area (Å²) in [5, 5.41) is 2.70. The van der Waals surface area contributed by atoms with Gasteiger partial charge >= 0.3 is 0 Å². The van der Waals surface area contributed by atoms with Crippen LogP contribution in [0.5, 0.6) is 5.75 Å². The lowest BCUT2D eigenvalue weighted by atomic mass is 10.1. The van der Waals surface area contributed by atoms with Gasteiger partial charge < -0.3 is 9.15 Å². The van der Waals surface area contributed by atoms with Crippen LogP contribution in [-0.4, -0.2) is 7.11 Å². The van der Waals surface area contributed by atoms with E-state index in [1.54, 1.807) is 12.1 Å². The van der Waals surface area contributed by atoms with Crippen molar-refractivity contribution in [2.45, 2.75) is 0 Å². The van der Waals surface area contributed by atoms with Gasteiger partial charge in [-0.1, -0.05) is 23.7 Å². The quantitative estimate of drug-likeness (QED) is 0.628. The molecule has 4 heteroatoms. The molecule has 0 fully saturated rings. The van der Waals surface area contributed by atoms with Crippen LogP contribution in [0.2, 0.25) is 5.02 Å². The lowest BCUT2D eigenvalue weighted by Crippen LogP contribution is -2.05. The van der Waals surface area contributed by atoms with Gasteiger partial charge in [0.1, 0.15) is 11.8 Å². The van der Waals surface area contributed by atoms with Crippen LogP contribution in [0.1, 0.15) is 0 Å². The number of rotatable bonds is 1. The van der Waals surface area contributed by atoms with Gasteiger partial charge in [-0.15, -0.1) is 0 Å². The van der Waals surface area contributed by atoms with Crippen LogP contribution in [0.25, 0.3) is 21.7 Å². The van der Waals surface area contributed by atoms with Gasteiger partial charge in [0.15, 0.2) is 0 Å². The van der Waals surface area contributed by atoms with E-state index in [0.717, 1.165) is 10.8 Å². The second kappa shape index (κ2) is 4.03. The van der Waals surface area contributed by atoms with Gasteiger partial charge in [-0.3, -0.25) is 4.79 Å². The summed E-state index contributed by atoms with van der Waals surface area (Å²) in [5.74, 6) is 0.190. The first-order valence-corrected chi connectivity index (χ1v) is 5.77. The highest BCUT2D eigenvalue weighted by Crippen LogP contribution is 2.29. The highest BCUT2D eigenvalue weighted by molar-refractivity contribution is 6.36. The van der Waals surface area contributed by atoms with E-state index in [1.807, 2.05) is 18.2 Å². The number of methoxy groups -OCH3 is 1. The molecule has 0 unspecified atom stereocenters. The molecule has 1 aromatic heterocycles. The van der Waals surface area contributed by atoms with Gasteiger partial charge in [-0.25, -0.2) is 0 Å². The third-order valence-electron chi connectivity index (χ3n) is 2.93. The molecule has 0 radical (unpaired) electrons. The van der Waals surface area contributed by atoms with E-state index in [9.17, 15) is 4.79 Å². The average molecular weight is 261 g/mol. The van der Waals surface area contributed by atoms with Crippen molar-refractivity contribution in [3.05, 3.63) is 51.8 Å². The first-order valence-electron chi connectivity index (χ1n) is 5.39. The third kappa shape index (κ3) is 1.48. The standard InChI is InChI=1S/C14H9ClO3/c1-17-12-7-18-11-6-5-8-9(13(11)14(12)16)3-2-4-10(8)15/h2-7H,1H3. The summed E-state index contributed by atoms with van der Waals surface area (Å²) in [4.78, 5) is 12.3. The molecule has 0 saturated carbocycles. The highest BCUT2D eigenvalue weighted by Gasteiger charge is 2.11. The van der Waals surface area contributed by atoms with Crippen molar-refractivity contribution < 1.29 is 9.15 Å². The van der Waals surface area contributed by atoms with E-state index in [1.165, 1.54) is 13.4 Å². The Morgan fingerprint density at radius 1 is 1.17 bits per heavy atom. The predicted molar refractivity (Wildman–Crippen MR) is 71.6 cm³/mol. The first kappa shape index (κ1) is 11.1. The van der Waals surface area contributed by atoms with Crippen LogP contribution >= 0.6 is 11.6 Å². The lowest BCUT2D eigenvalue weighted by Gasteiger charge is -2.05. The van der Waals surface area contributed by atoms with E-state index >= 15 is 0 Å².